The Labute approximate surface area is 85.4 Å². The van der Waals surface area contributed by atoms with Crippen molar-refractivity contribution >= 4 is 5.82 Å². The largest absolute Gasteiger partial charge is 0.392 e. The van der Waals surface area contributed by atoms with Gasteiger partial charge in [0.05, 0.1) is 6.61 Å². The van der Waals surface area contributed by atoms with Crippen LogP contribution >= 0.6 is 0 Å². The number of aromatic nitrogens is 1. The molecule has 1 aromatic rings. The van der Waals surface area contributed by atoms with E-state index in [-0.39, 0.29) is 6.61 Å². The molecule has 1 aromatic heterocycles. The zero-order valence-corrected chi connectivity index (χ0v) is 9.12. The van der Waals surface area contributed by atoms with E-state index in [1.54, 1.807) is 6.20 Å². The van der Waals surface area contributed by atoms with Gasteiger partial charge in [-0.25, -0.2) is 4.98 Å². The second-order valence-corrected chi connectivity index (χ2v) is 3.31. The van der Waals surface area contributed by atoms with Crippen molar-refractivity contribution < 1.29 is 5.11 Å². The summed E-state index contributed by atoms with van der Waals surface area (Å²) in [5.74, 6) is 1.02. The maximum atomic E-state index is 8.95. The van der Waals surface area contributed by atoms with Gasteiger partial charge in [-0.2, -0.15) is 0 Å². The fourth-order valence-corrected chi connectivity index (χ4v) is 1.57. The molecule has 0 aliphatic heterocycles. The molecule has 0 spiro atoms. The van der Waals surface area contributed by atoms with E-state index in [2.05, 4.69) is 23.7 Å². The molecule has 0 amide bonds. The van der Waals surface area contributed by atoms with Gasteiger partial charge >= 0.3 is 0 Å². The second-order valence-electron chi connectivity index (χ2n) is 3.31. The fourth-order valence-electron chi connectivity index (χ4n) is 1.57. The summed E-state index contributed by atoms with van der Waals surface area (Å²) in [6, 6.07) is 1.99. The van der Waals surface area contributed by atoms with Gasteiger partial charge in [-0.15, -0.1) is 0 Å². The fraction of sp³-hybridized carbons (Fsp3) is 0.545. The van der Waals surface area contributed by atoms with E-state index in [1.165, 1.54) is 0 Å². The van der Waals surface area contributed by atoms with Crippen molar-refractivity contribution in [3.8, 4) is 0 Å². The molecule has 3 nitrogen and oxygen atoms in total. The Morgan fingerprint density at radius 2 is 2.00 bits per heavy atom. The summed E-state index contributed by atoms with van der Waals surface area (Å²) in [4.78, 5) is 6.56. The lowest BCUT2D eigenvalue weighted by molar-refractivity contribution is 0.281. The number of aliphatic hydroxyl groups is 1. The third kappa shape index (κ3) is 2.23. The van der Waals surface area contributed by atoms with Crippen LogP contribution in [0.15, 0.2) is 12.3 Å². The van der Waals surface area contributed by atoms with Crippen LogP contribution in [0, 0.1) is 6.92 Å². The van der Waals surface area contributed by atoms with Crippen molar-refractivity contribution in [2.45, 2.75) is 27.4 Å². The molecule has 1 heterocycles. The Morgan fingerprint density at radius 1 is 1.36 bits per heavy atom. The summed E-state index contributed by atoms with van der Waals surface area (Å²) in [5.41, 5.74) is 2.00. The number of hydrogen-bond acceptors (Lipinski definition) is 3. The van der Waals surface area contributed by atoms with E-state index in [1.807, 2.05) is 13.0 Å². The molecule has 14 heavy (non-hydrogen) atoms. The van der Waals surface area contributed by atoms with Crippen molar-refractivity contribution in [3.63, 3.8) is 0 Å². The van der Waals surface area contributed by atoms with Crippen LogP contribution in [-0.4, -0.2) is 23.2 Å². The minimum atomic E-state index is 0.0619. The Morgan fingerprint density at radius 3 is 2.43 bits per heavy atom. The van der Waals surface area contributed by atoms with Crippen molar-refractivity contribution in [1.82, 2.24) is 4.98 Å². The van der Waals surface area contributed by atoms with Crippen LogP contribution in [0.25, 0.3) is 0 Å². The highest BCUT2D eigenvalue weighted by molar-refractivity contribution is 5.47. The number of nitrogens with zero attached hydrogens (tertiary/aromatic N) is 2. The molecule has 0 saturated heterocycles. The van der Waals surface area contributed by atoms with Crippen LogP contribution in [0.5, 0.6) is 0 Å². The van der Waals surface area contributed by atoms with Gasteiger partial charge in [0.2, 0.25) is 0 Å². The maximum Gasteiger partial charge on any atom is 0.131 e. The lowest BCUT2D eigenvalue weighted by Crippen LogP contribution is -2.23. The Bertz CT molecular complexity index is 295. The molecule has 0 unspecified atom stereocenters. The predicted octanol–water partition coefficient (Wildman–Crippen LogP) is 1.73. The second kappa shape index (κ2) is 4.96. The van der Waals surface area contributed by atoms with Gasteiger partial charge in [0.15, 0.2) is 0 Å². The van der Waals surface area contributed by atoms with Gasteiger partial charge in [0.1, 0.15) is 5.82 Å². The van der Waals surface area contributed by atoms with Gasteiger partial charge in [-0.1, -0.05) is 0 Å². The molecular formula is C11H18N2O. The minimum Gasteiger partial charge on any atom is -0.392 e. The number of rotatable bonds is 4. The Kier molecular flexibility index (Phi) is 3.89. The van der Waals surface area contributed by atoms with E-state index >= 15 is 0 Å². The molecule has 3 heteroatoms. The van der Waals surface area contributed by atoms with E-state index in [4.69, 9.17) is 5.11 Å². The van der Waals surface area contributed by atoms with Gasteiger partial charge < -0.3 is 10.0 Å². The first kappa shape index (κ1) is 11.0. The molecular weight excluding hydrogens is 176 g/mol. The third-order valence-electron chi connectivity index (χ3n) is 2.35. The van der Waals surface area contributed by atoms with Gasteiger partial charge in [0, 0.05) is 19.3 Å². The van der Waals surface area contributed by atoms with Crippen LogP contribution in [0.1, 0.15) is 25.0 Å². The summed E-state index contributed by atoms with van der Waals surface area (Å²) in [6.07, 6.45) is 1.74. The van der Waals surface area contributed by atoms with E-state index < -0.39 is 0 Å². The summed E-state index contributed by atoms with van der Waals surface area (Å²) >= 11 is 0. The molecule has 78 valence electrons. The average Bonchev–Trinajstić information content (AvgIpc) is 2.22. The topological polar surface area (TPSA) is 36.4 Å². The smallest absolute Gasteiger partial charge is 0.131 e. The van der Waals surface area contributed by atoms with Crippen molar-refractivity contribution in [2.75, 3.05) is 18.0 Å². The lowest BCUT2D eigenvalue weighted by atomic mass is 10.2. The van der Waals surface area contributed by atoms with Crippen molar-refractivity contribution in [1.29, 1.82) is 0 Å². The first-order valence-corrected chi connectivity index (χ1v) is 5.04. The van der Waals surface area contributed by atoms with Crippen LogP contribution in [0.4, 0.5) is 5.82 Å². The summed E-state index contributed by atoms with van der Waals surface area (Å²) in [5, 5.41) is 8.95. The number of aryl methyl sites for hydroxylation is 1. The zero-order valence-electron chi connectivity index (χ0n) is 9.12. The molecule has 0 aliphatic rings. The highest BCUT2D eigenvalue weighted by atomic mass is 16.3. The van der Waals surface area contributed by atoms with E-state index in [0.717, 1.165) is 30.0 Å². The first-order valence-electron chi connectivity index (χ1n) is 5.04. The average molecular weight is 194 g/mol. The highest BCUT2D eigenvalue weighted by Gasteiger charge is 2.06. The zero-order chi connectivity index (χ0) is 10.6. The standard InChI is InChI=1S/C11H18N2O/c1-4-13(5-2)11-9(3)6-10(8-14)7-12-11/h6-7,14H,4-5,8H2,1-3H3. The monoisotopic (exact) mass is 194 g/mol. The number of pyridine rings is 1. The van der Waals surface area contributed by atoms with Crippen molar-refractivity contribution in [2.24, 2.45) is 0 Å². The molecule has 0 aliphatic carbocycles. The van der Waals surface area contributed by atoms with E-state index in [9.17, 15) is 0 Å². The van der Waals surface area contributed by atoms with Gasteiger partial charge in [-0.05, 0) is 38.0 Å². The molecule has 0 fully saturated rings. The van der Waals surface area contributed by atoms with Crippen LogP contribution in [-0.2, 0) is 6.61 Å². The van der Waals surface area contributed by atoms with Crippen LogP contribution < -0.4 is 4.90 Å². The molecule has 0 radical (unpaired) electrons. The minimum absolute atomic E-state index is 0.0619. The van der Waals surface area contributed by atoms with Gasteiger partial charge in [-0.3, -0.25) is 0 Å². The molecule has 0 bridgehead atoms. The quantitative estimate of drug-likeness (QED) is 0.793. The van der Waals surface area contributed by atoms with Crippen molar-refractivity contribution in [3.05, 3.63) is 23.4 Å². The SMILES string of the molecule is CCN(CC)c1ncc(CO)cc1C. The Balaban J connectivity index is 2.98. The molecule has 1 rings (SSSR count). The number of anilines is 1. The van der Waals surface area contributed by atoms with Crippen LogP contribution in [0.3, 0.4) is 0 Å². The maximum absolute atomic E-state index is 8.95. The van der Waals surface area contributed by atoms with Gasteiger partial charge in [0.25, 0.3) is 0 Å². The van der Waals surface area contributed by atoms with E-state index in [0.29, 0.717) is 0 Å². The first-order chi connectivity index (χ1) is 6.72. The highest BCUT2D eigenvalue weighted by Crippen LogP contribution is 2.17. The molecule has 1 N–H and O–H groups in total. The summed E-state index contributed by atoms with van der Waals surface area (Å²) < 4.78 is 0. The number of aliphatic hydroxyl groups excluding tert-OH is 1. The molecule has 0 aromatic carbocycles. The summed E-state index contributed by atoms with van der Waals surface area (Å²) in [7, 11) is 0. The normalized spacial score (nSPS) is 10.3. The summed E-state index contributed by atoms with van der Waals surface area (Å²) in [6.45, 7) is 8.24. The molecule has 0 atom stereocenters. The predicted molar refractivity (Wildman–Crippen MR) is 58.5 cm³/mol. The lowest BCUT2D eigenvalue weighted by Gasteiger charge is -2.21. The number of hydrogen-bond donors (Lipinski definition) is 1. The molecule has 0 saturated carbocycles. The Hall–Kier alpha value is -1.09. The third-order valence-corrected chi connectivity index (χ3v) is 2.35. The van der Waals surface area contributed by atoms with Crippen LogP contribution in [0.2, 0.25) is 0 Å².